The maximum absolute atomic E-state index is 12.8. The SMILES string of the molecule is O=C(O)C1CCO[C@H]1C1CCN(C(=O)C2CC2c2ccccc2Cl)CC1. The molecule has 5 nitrogen and oxygen atoms in total. The number of carbonyl (C=O) groups excluding carboxylic acids is 1. The number of benzene rings is 1. The summed E-state index contributed by atoms with van der Waals surface area (Å²) in [5.41, 5.74) is 1.08. The number of hydrogen-bond acceptors (Lipinski definition) is 3. The number of nitrogens with zero attached hydrogens (tertiary/aromatic N) is 1. The highest BCUT2D eigenvalue weighted by atomic mass is 35.5. The number of carboxylic acids is 1. The second-order valence-electron chi connectivity index (χ2n) is 7.70. The number of hydrogen-bond donors (Lipinski definition) is 1. The third-order valence-electron chi connectivity index (χ3n) is 6.18. The number of rotatable bonds is 4. The van der Waals surface area contributed by atoms with Crippen molar-refractivity contribution in [2.45, 2.75) is 37.7 Å². The predicted octanol–water partition coefficient (Wildman–Crippen LogP) is 3.17. The van der Waals surface area contributed by atoms with Crippen molar-refractivity contribution >= 4 is 23.5 Å². The van der Waals surface area contributed by atoms with Gasteiger partial charge in [-0.1, -0.05) is 29.8 Å². The second-order valence-corrected chi connectivity index (χ2v) is 8.11. The zero-order chi connectivity index (χ0) is 18.3. The van der Waals surface area contributed by atoms with Crippen LogP contribution in [-0.2, 0) is 14.3 Å². The van der Waals surface area contributed by atoms with E-state index in [4.69, 9.17) is 16.3 Å². The average molecular weight is 378 g/mol. The van der Waals surface area contributed by atoms with E-state index in [0.29, 0.717) is 26.1 Å². The molecule has 0 aromatic heterocycles. The minimum absolute atomic E-state index is 0.0425. The number of aliphatic carboxylic acids is 1. The Hall–Kier alpha value is -1.59. The molecule has 3 unspecified atom stereocenters. The van der Waals surface area contributed by atoms with Gasteiger partial charge in [0.25, 0.3) is 0 Å². The number of ether oxygens (including phenoxy) is 1. The molecule has 1 N–H and O–H groups in total. The first-order chi connectivity index (χ1) is 12.6. The highest BCUT2D eigenvalue weighted by Crippen LogP contribution is 2.50. The molecule has 26 heavy (non-hydrogen) atoms. The Balaban J connectivity index is 1.32. The van der Waals surface area contributed by atoms with E-state index in [2.05, 4.69) is 0 Å². The van der Waals surface area contributed by atoms with Crippen LogP contribution < -0.4 is 0 Å². The maximum Gasteiger partial charge on any atom is 0.309 e. The quantitative estimate of drug-likeness (QED) is 0.875. The molecule has 3 aliphatic rings. The summed E-state index contributed by atoms with van der Waals surface area (Å²) in [5.74, 6) is -0.414. The summed E-state index contributed by atoms with van der Waals surface area (Å²) in [7, 11) is 0. The van der Waals surface area contributed by atoms with Gasteiger partial charge in [0.2, 0.25) is 5.91 Å². The van der Waals surface area contributed by atoms with Gasteiger partial charge in [0.15, 0.2) is 0 Å². The summed E-state index contributed by atoms with van der Waals surface area (Å²) < 4.78 is 5.71. The maximum atomic E-state index is 12.8. The van der Waals surface area contributed by atoms with Gasteiger partial charge in [-0.3, -0.25) is 9.59 Å². The van der Waals surface area contributed by atoms with E-state index < -0.39 is 11.9 Å². The molecule has 2 heterocycles. The lowest BCUT2D eigenvalue weighted by Crippen LogP contribution is -2.44. The van der Waals surface area contributed by atoms with Gasteiger partial charge in [-0.25, -0.2) is 0 Å². The number of likely N-dealkylation sites (tertiary alicyclic amines) is 1. The van der Waals surface area contributed by atoms with E-state index in [1.807, 2.05) is 29.2 Å². The fourth-order valence-corrected chi connectivity index (χ4v) is 4.89. The topological polar surface area (TPSA) is 66.8 Å². The van der Waals surface area contributed by atoms with Gasteiger partial charge in [-0.05, 0) is 49.1 Å². The van der Waals surface area contributed by atoms with Crippen LogP contribution in [0.5, 0.6) is 0 Å². The fraction of sp³-hybridized carbons (Fsp3) is 0.600. The lowest BCUT2D eigenvalue weighted by Gasteiger charge is -2.35. The monoisotopic (exact) mass is 377 g/mol. The fourth-order valence-electron chi connectivity index (χ4n) is 4.61. The van der Waals surface area contributed by atoms with E-state index in [0.717, 1.165) is 29.8 Å². The molecule has 3 fully saturated rings. The first-order valence-electron chi connectivity index (χ1n) is 9.44. The molecule has 1 aromatic carbocycles. The van der Waals surface area contributed by atoms with Gasteiger partial charge < -0.3 is 14.7 Å². The van der Waals surface area contributed by atoms with Crippen LogP contribution in [0.15, 0.2) is 24.3 Å². The van der Waals surface area contributed by atoms with Crippen molar-refractivity contribution in [1.82, 2.24) is 4.90 Å². The predicted molar refractivity (Wildman–Crippen MR) is 97.1 cm³/mol. The summed E-state index contributed by atoms with van der Waals surface area (Å²) in [6, 6.07) is 7.76. The van der Waals surface area contributed by atoms with E-state index in [1.54, 1.807) is 0 Å². The van der Waals surface area contributed by atoms with Gasteiger partial charge >= 0.3 is 5.97 Å². The Bertz CT molecular complexity index is 701. The van der Waals surface area contributed by atoms with Crippen molar-refractivity contribution in [2.24, 2.45) is 17.8 Å². The first kappa shape index (κ1) is 17.8. The van der Waals surface area contributed by atoms with Crippen molar-refractivity contribution < 1.29 is 19.4 Å². The molecule has 2 aliphatic heterocycles. The lowest BCUT2D eigenvalue weighted by atomic mass is 9.84. The van der Waals surface area contributed by atoms with Crippen LogP contribution in [0.1, 0.15) is 37.2 Å². The molecule has 0 bridgehead atoms. The Kier molecular flexibility index (Phi) is 4.93. The lowest BCUT2D eigenvalue weighted by molar-refractivity contribution is -0.146. The molecule has 2 saturated heterocycles. The molecular formula is C20H24ClNO4. The Morgan fingerprint density at radius 1 is 1.12 bits per heavy atom. The third-order valence-corrected chi connectivity index (χ3v) is 6.53. The molecular weight excluding hydrogens is 354 g/mol. The molecule has 0 radical (unpaired) electrons. The van der Waals surface area contributed by atoms with Crippen LogP contribution in [0.3, 0.4) is 0 Å². The molecule has 140 valence electrons. The van der Waals surface area contributed by atoms with Crippen LogP contribution in [0.2, 0.25) is 5.02 Å². The number of piperidine rings is 1. The summed E-state index contributed by atoms with van der Waals surface area (Å²) in [5, 5.41) is 10.1. The molecule has 4 rings (SSSR count). The van der Waals surface area contributed by atoms with E-state index in [-0.39, 0.29) is 29.8 Å². The number of carboxylic acid groups (broad SMARTS) is 1. The summed E-state index contributed by atoms with van der Waals surface area (Å²) in [6.45, 7) is 1.92. The van der Waals surface area contributed by atoms with Crippen molar-refractivity contribution in [3.63, 3.8) is 0 Å². The van der Waals surface area contributed by atoms with Crippen LogP contribution in [0, 0.1) is 17.8 Å². The van der Waals surface area contributed by atoms with Gasteiger partial charge in [-0.15, -0.1) is 0 Å². The van der Waals surface area contributed by atoms with Gasteiger partial charge in [0.05, 0.1) is 12.0 Å². The average Bonchev–Trinajstić information content (AvgIpc) is 3.27. The van der Waals surface area contributed by atoms with Gasteiger partial charge in [0.1, 0.15) is 0 Å². The molecule has 0 spiro atoms. The van der Waals surface area contributed by atoms with Gasteiger partial charge in [-0.2, -0.15) is 0 Å². The Morgan fingerprint density at radius 2 is 1.85 bits per heavy atom. The van der Waals surface area contributed by atoms with Gasteiger partial charge in [0, 0.05) is 30.6 Å². The highest BCUT2D eigenvalue weighted by molar-refractivity contribution is 6.31. The van der Waals surface area contributed by atoms with Crippen molar-refractivity contribution in [3.8, 4) is 0 Å². The molecule has 1 aromatic rings. The molecule has 1 saturated carbocycles. The molecule has 1 aliphatic carbocycles. The highest BCUT2D eigenvalue weighted by Gasteiger charge is 2.47. The summed E-state index contributed by atoms with van der Waals surface area (Å²) in [6.07, 6.45) is 2.92. The van der Waals surface area contributed by atoms with Crippen LogP contribution in [0.4, 0.5) is 0 Å². The zero-order valence-corrected chi connectivity index (χ0v) is 15.4. The van der Waals surface area contributed by atoms with E-state index in [1.165, 1.54) is 0 Å². The van der Waals surface area contributed by atoms with Crippen molar-refractivity contribution in [2.75, 3.05) is 19.7 Å². The second kappa shape index (κ2) is 7.20. The van der Waals surface area contributed by atoms with Crippen molar-refractivity contribution in [3.05, 3.63) is 34.9 Å². The largest absolute Gasteiger partial charge is 0.481 e. The van der Waals surface area contributed by atoms with Crippen LogP contribution >= 0.6 is 11.6 Å². The Labute approximate surface area is 158 Å². The molecule has 4 atom stereocenters. The number of carbonyl (C=O) groups is 2. The first-order valence-corrected chi connectivity index (χ1v) is 9.81. The number of halogens is 1. The summed E-state index contributed by atoms with van der Waals surface area (Å²) >= 11 is 6.26. The van der Waals surface area contributed by atoms with E-state index >= 15 is 0 Å². The molecule has 1 amide bonds. The molecule has 6 heteroatoms. The minimum Gasteiger partial charge on any atom is -0.481 e. The Morgan fingerprint density at radius 3 is 2.54 bits per heavy atom. The standard InChI is InChI=1S/C20H24ClNO4/c21-17-4-2-1-3-13(17)15-11-16(15)19(23)22-8-5-12(6-9-22)18-14(20(24)25)7-10-26-18/h1-4,12,14-16,18H,5-11H2,(H,24,25)/t14?,15?,16?,18-/m0/s1. The van der Waals surface area contributed by atoms with Crippen LogP contribution in [0.25, 0.3) is 0 Å². The normalized spacial score (nSPS) is 31.8. The van der Waals surface area contributed by atoms with Crippen LogP contribution in [-0.4, -0.2) is 47.7 Å². The zero-order valence-electron chi connectivity index (χ0n) is 14.6. The third kappa shape index (κ3) is 3.35. The van der Waals surface area contributed by atoms with E-state index in [9.17, 15) is 14.7 Å². The number of amides is 1. The van der Waals surface area contributed by atoms with Crippen molar-refractivity contribution in [1.29, 1.82) is 0 Å². The summed E-state index contributed by atoms with van der Waals surface area (Å²) in [4.78, 5) is 26.1. The minimum atomic E-state index is -0.758. The smallest absolute Gasteiger partial charge is 0.309 e.